The number of hydrogen-bond donors (Lipinski definition) is 1. The lowest BCUT2D eigenvalue weighted by atomic mass is 10.1. The zero-order valence-electron chi connectivity index (χ0n) is 13.0. The summed E-state index contributed by atoms with van der Waals surface area (Å²) in [5.41, 5.74) is 2.05. The van der Waals surface area contributed by atoms with Crippen molar-refractivity contribution in [3.8, 4) is 0 Å². The van der Waals surface area contributed by atoms with Gasteiger partial charge in [0.25, 0.3) is 11.5 Å². The Labute approximate surface area is 133 Å². The van der Waals surface area contributed by atoms with E-state index in [-0.39, 0.29) is 18.0 Å². The molecule has 23 heavy (non-hydrogen) atoms. The summed E-state index contributed by atoms with van der Waals surface area (Å²) in [5, 5.41) is 3.40. The molecule has 0 radical (unpaired) electrons. The highest BCUT2D eigenvalue weighted by Gasteiger charge is 2.11. The summed E-state index contributed by atoms with van der Waals surface area (Å²) in [6, 6.07) is 14.6. The van der Waals surface area contributed by atoms with E-state index in [1.807, 2.05) is 37.3 Å². The number of para-hydroxylation sites is 1. The zero-order valence-corrected chi connectivity index (χ0v) is 13.0. The molecule has 0 spiro atoms. The van der Waals surface area contributed by atoms with Crippen molar-refractivity contribution in [1.82, 2.24) is 14.9 Å². The molecule has 0 atom stereocenters. The topological polar surface area (TPSA) is 64.0 Å². The average molecular weight is 307 g/mol. The monoisotopic (exact) mass is 307 g/mol. The first-order valence-corrected chi connectivity index (χ1v) is 7.36. The summed E-state index contributed by atoms with van der Waals surface area (Å²) in [7, 11) is 1.66. The molecule has 3 rings (SSSR count). The number of nitrogens with one attached hydrogen (secondary N) is 1. The molecular weight excluding hydrogens is 290 g/mol. The van der Waals surface area contributed by atoms with Crippen LogP contribution in [-0.4, -0.2) is 15.5 Å². The van der Waals surface area contributed by atoms with Gasteiger partial charge in [-0.3, -0.25) is 14.2 Å². The van der Waals surface area contributed by atoms with E-state index in [1.54, 1.807) is 25.2 Å². The summed E-state index contributed by atoms with van der Waals surface area (Å²) in [4.78, 5) is 29.1. The Morgan fingerprint density at radius 3 is 2.61 bits per heavy atom. The number of amides is 1. The molecule has 0 aliphatic carbocycles. The summed E-state index contributed by atoms with van der Waals surface area (Å²) in [6.45, 7) is 2.09. The number of hydrogen-bond acceptors (Lipinski definition) is 3. The quantitative estimate of drug-likeness (QED) is 0.806. The maximum absolute atomic E-state index is 12.3. The average Bonchev–Trinajstić information content (AvgIpc) is 2.57. The first-order chi connectivity index (χ1) is 11.1. The van der Waals surface area contributed by atoms with Gasteiger partial charge in [0.05, 0.1) is 17.4 Å². The van der Waals surface area contributed by atoms with Crippen molar-refractivity contribution in [2.24, 2.45) is 7.05 Å². The van der Waals surface area contributed by atoms with Crippen molar-refractivity contribution in [1.29, 1.82) is 0 Å². The largest absolute Gasteiger partial charge is 0.345 e. The van der Waals surface area contributed by atoms with Gasteiger partial charge in [-0.25, -0.2) is 4.98 Å². The molecule has 0 saturated heterocycles. The Balaban J connectivity index is 1.88. The van der Waals surface area contributed by atoms with E-state index in [1.165, 1.54) is 4.57 Å². The van der Waals surface area contributed by atoms with Gasteiger partial charge in [0.15, 0.2) is 0 Å². The number of aromatic nitrogens is 2. The number of carbonyl (C=O) groups is 1. The third-order valence-electron chi connectivity index (χ3n) is 3.87. The molecule has 0 aliphatic rings. The molecule has 0 unspecified atom stereocenters. The molecule has 0 fully saturated rings. The van der Waals surface area contributed by atoms with Gasteiger partial charge in [-0.1, -0.05) is 30.3 Å². The SMILES string of the molecule is Cc1ccccc1C(=O)NCc1nc2ccccc2c(=O)n1C. The molecule has 3 aromatic rings. The van der Waals surface area contributed by atoms with Gasteiger partial charge in [0.2, 0.25) is 0 Å². The van der Waals surface area contributed by atoms with Crippen LogP contribution in [0.4, 0.5) is 0 Å². The lowest BCUT2D eigenvalue weighted by molar-refractivity contribution is 0.0949. The first-order valence-electron chi connectivity index (χ1n) is 7.36. The highest BCUT2D eigenvalue weighted by Crippen LogP contribution is 2.09. The fourth-order valence-corrected chi connectivity index (χ4v) is 2.50. The number of nitrogens with zero attached hydrogens (tertiary/aromatic N) is 2. The fraction of sp³-hybridized carbons (Fsp3) is 0.167. The van der Waals surface area contributed by atoms with Gasteiger partial charge in [-0.15, -0.1) is 0 Å². The molecule has 5 heteroatoms. The van der Waals surface area contributed by atoms with E-state index in [4.69, 9.17) is 0 Å². The normalized spacial score (nSPS) is 10.7. The summed E-state index contributed by atoms with van der Waals surface area (Å²) < 4.78 is 1.47. The molecule has 5 nitrogen and oxygen atoms in total. The molecule has 0 bridgehead atoms. The number of aryl methyl sites for hydroxylation is 1. The van der Waals surface area contributed by atoms with Crippen LogP contribution in [0.25, 0.3) is 10.9 Å². The minimum Gasteiger partial charge on any atom is -0.345 e. The smallest absolute Gasteiger partial charge is 0.261 e. The molecular formula is C18H17N3O2. The van der Waals surface area contributed by atoms with Crippen molar-refractivity contribution in [3.05, 3.63) is 75.8 Å². The molecule has 1 N–H and O–H groups in total. The van der Waals surface area contributed by atoms with Crippen molar-refractivity contribution in [2.75, 3.05) is 0 Å². The van der Waals surface area contributed by atoms with E-state index in [9.17, 15) is 9.59 Å². The first kappa shape index (κ1) is 15.0. The molecule has 1 aromatic heterocycles. The molecule has 1 heterocycles. The van der Waals surface area contributed by atoms with E-state index >= 15 is 0 Å². The van der Waals surface area contributed by atoms with Gasteiger partial charge in [0.1, 0.15) is 5.82 Å². The summed E-state index contributed by atoms with van der Waals surface area (Å²) >= 11 is 0. The van der Waals surface area contributed by atoms with E-state index in [2.05, 4.69) is 10.3 Å². The number of benzene rings is 2. The Morgan fingerprint density at radius 1 is 1.13 bits per heavy atom. The number of rotatable bonds is 3. The second kappa shape index (κ2) is 6.04. The minimum absolute atomic E-state index is 0.115. The van der Waals surface area contributed by atoms with Gasteiger partial charge in [-0.05, 0) is 30.7 Å². The molecule has 116 valence electrons. The van der Waals surface area contributed by atoms with Crippen LogP contribution in [0.15, 0.2) is 53.3 Å². The standard InChI is InChI=1S/C18H17N3O2/c1-12-7-3-4-8-13(12)17(22)19-11-16-20-15-10-6-5-9-14(15)18(23)21(16)2/h3-10H,11H2,1-2H3,(H,19,22). The van der Waals surface area contributed by atoms with Crippen LogP contribution in [0.1, 0.15) is 21.7 Å². The lowest BCUT2D eigenvalue weighted by Crippen LogP contribution is -2.29. The Morgan fingerprint density at radius 2 is 1.83 bits per heavy atom. The van der Waals surface area contributed by atoms with Crippen LogP contribution >= 0.6 is 0 Å². The van der Waals surface area contributed by atoms with Crippen LogP contribution in [-0.2, 0) is 13.6 Å². The molecule has 1 amide bonds. The maximum Gasteiger partial charge on any atom is 0.261 e. The van der Waals surface area contributed by atoms with Crippen LogP contribution in [0.5, 0.6) is 0 Å². The third kappa shape index (κ3) is 2.85. The van der Waals surface area contributed by atoms with Gasteiger partial charge in [0, 0.05) is 12.6 Å². The van der Waals surface area contributed by atoms with Gasteiger partial charge >= 0.3 is 0 Å². The predicted octanol–water partition coefficient (Wildman–Crippen LogP) is 2.17. The van der Waals surface area contributed by atoms with Crippen LogP contribution in [0, 0.1) is 6.92 Å². The highest BCUT2D eigenvalue weighted by molar-refractivity contribution is 5.95. The fourth-order valence-electron chi connectivity index (χ4n) is 2.50. The van der Waals surface area contributed by atoms with Gasteiger partial charge in [-0.2, -0.15) is 0 Å². The van der Waals surface area contributed by atoms with E-state index < -0.39 is 0 Å². The van der Waals surface area contributed by atoms with Crippen molar-refractivity contribution < 1.29 is 4.79 Å². The maximum atomic E-state index is 12.3. The van der Waals surface area contributed by atoms with E-state index in [0.29, 0.717) is 22.3 Å². The van der Waals surface area contributed by atoms with Gasteiger partial charge < -0.3 is 5.32 Å². The molecule has 0 aliphatic heterocycles. The van der Waals surface area contributed by atoms with Crippen molar-refractivity contribution in [2.45, 2.75) is 13.5 Å². The molecule has 2 aromatic carbocycles. The van der Waals surface area contributed by atoms with E-state index in [0.717, 1.165) is 5.56 Å². The van der Waals surface area contributed by atoms with Crippen molar-refractivity contribution in [3.63, 3.8) is 0 Å². The summed E-state index contributed by atoms with van der Waals surface area (Å²) in [6.07, 6.45) is 0. The lowest BCUT2D eigenvalue weighted by Gasteiger charge is -2.11. The highest BCUT2D eigenvalue weighted by atomic mass is 16.1. The van der Waals surface area contributed by atoms with Crippen LogP contribution in [0.2, 0.25) is 0 Å². The van der Waals surface area contributed by atoms with Crippen LogP contribution < -0.4 is 10.9 Å². The third-order valence-corrected chi connectivity index (χ3v) is 3.87. The minimum atomic E-state index is -0.175. The summed E-state index contributed by atoms with van der Waals surface area (Å²) in [5.74, 6) is 0.348. The number of fused-ring (bicyclic) bond motifs is 1. The Hall–Kier alpha value is -2.95. The Kier molecular flexibility index (Phi) is 3.93. The zero-order chi connectivity index (χ0) is 16.4. The molecule has 0 saturated carbocycles. The number of carbonyl (C=O) groups excluding carboxylic acids is 1. The van der Waals surface area contributed by atoms with Crippen LogP contribution in [0.3, 0.4) is 0 Å². The predicted molar refractivity (Wildman–Crippen MR) is 89.3 cm³/mol. The second-order valence-electron chi connectivity index (χ2n) is 5.41. The van der Waals surface area contributed by atoms with Crippen molar-refractivity contribution >= 4 is 16.8 Å². The Bertz CT molecular complexity index is 944. The second-order valence-corrected chi connectivity index (χ2v) is 5.41.